The van der Waals surface area contributed by atoms with Crippen molar-refractivity contribution in [1.82, 2.24) is 9.88 Å². The van der Waals surface area contributed by atoms with Crippen LogP contribution in [0.1, 0.15) is 49.0 Å². The third-order valence-corrected chi connectivity index (χ3v) is 6.06. The van der Waals surface area contributed by atoms with Crippen LogP contribution in [-0.4, -0.2) is 41.5 Å². The van der Waals surface area contributed by atoms with Crippen LogP contribution in [0.3, 0.4) is 0 Å². The number of likely N-dealkylation sites (tertiary alicyclic amines) is 1. The van der Waals surface area contributed by atoms with Gasteiger partial charge in [-0.15, -0.1) is 0 Å². The number of piperidine rings is 1. The summed E-state index contributed by atoms with van der Waals surface area (Å²) < 4.78 is 0. The van der Waals surface area contributed by atoms with Gasteiger partial charge in [-0.1, -0.05) is 24.6 Å². The van der Waals surface area contributed by atoms with E-state index in [-0.39, 0.29) is 5.91 Å². The second kappa shape index (κ2) is 10.1. The Balaban J connectivity index is 1.61. The van der Waals surface area contributed by atoms with Crippen LogP contribution in [-0.2, 0) is 0 Å². The lowest BCUT2D eigenvalue weighted by atomic mass is 9.95. The minimum Gasteiger partial charge on any atom is -0.384 e. The predicted molar refractivity (Wildman–Crippen MR) is 121 cm³/mol. The van der Waals surface area contributed by atoms with Crippen molar-refractivity contribution in [3.8, 4) is 0 Å². The SMILES string of the molecule is CCC(C)N1CCC(CNc2ccc(Cl)cc2C(=O)Nc2ccc(C)cn2)CC1. The van der Waals surface area contributed by atoms with Crippen LogP contribution in [0.4, 0.5) is 11.5 Å². The van der Waals surface area contributed by atoms with E-state index >= 15 is 0 Å². The highest BCUT2D eigenvalue weighted by molar-refractivity contribution is 6.31. The monoisotopic (exact) mass is 414 g/mol. The lowest BCUT2D eigenvalue weighted by Crippen LogP contribution is -2.40. The fraction of sp³-hybridized carbons (Fsp3) is 0.478. The summed E-state index contributed by atoms with van der Waals surface area (Å²) in [5.74, 6) is 0.933. The van der Waals surface area contributed by atoms with Gasteiger partial charge >= 0.3 is 0 Å². The molecule has 0 radical (unpaired) electrons. The van der Waals surface area contributed by atoms with Crippen LogP contribution in [0.15, 0.2) is 36.5 Å². The Labute approximate surface area is 178 Å². The van der Waals surface area contributed by atoms with Gasteiger partial charge in [-0.2, -0.15) is 0 Å². The van der Waals surface area contributed by atoms with E-state index < -0.39 is 0 Å². The van der Waals surface area contributed by atoms with Crippen molar-refractivity contribution in [3.05, 3.63) is 52.7 Å². The van der Waals surface area contributed by atoms with Crippen molar-refractivity contribution in [1.29, 1.82) is 0 Å². The third-order valence-electron chi connectivity index (χ3n) is 5.82. The van der Waals surface area contributed by atoms with Gasteiger partial charge in [0, 0.05) is 29.5 Å². The molecule has 1 aromatic heterocycles. The number of hydrogen-bond acceptors (Lipinski definition) is 4. The molecule has 0 aliphatic carbocycles. The number of carbonyl (C=O) groups excluding carboxylic acids is 1. The normalized spacial score (nSPS) is 16.4. The van der Waals surface area contributed by atoms with Gasteiger partial charge in [0.1, 0.15) is 5.82 Å². The molecule has 1 unspecified atom stereocenters. The van der Waals surface area contributed by atoms with E-state index in [4.69, 9.17) is 11.6 Å². The first-order valence-corrected chi connectivity index (χ1v) is 10.9. The number of aryl methyl sites for hydroxylation is 1. The molecule has 1 aromatic carbocycles. The molecule has 6 heteroatoms. The highest BCUT2D eigenvalue weighted by Gasteiger charge is 2.22. The smallest absolute Gasteiger partial charge is 0.258 e. The maximum atomic E-state index is 12.8. The Bertz CT molecular complexity index is 816. The maximum Gasteiger partial charge on any atom is 0.258 e. The van der Waals surface area contributed by atoms with Gasteiger partial charge in [0.25, 0.3) is 5.91 Å². The van der Waals surface area contributed by atoms with Gasteiger partial charge in [-0.25, -0.2) is 4.98 Å². The van der Waals surface area contributed by atoms with Gasteiger partial charge in [-0.05, 0) is 81.9 Å². The van der Waals surface area contributed by atoms with Crippen molar-refractivity contribution in [2.75, 3.05) is 30.3 Å². The van der Waals surface area contributed by atoms with Gasteiger partial charge in [-0.3, -0.25) is 4.79 Å². The number of hydrogen-bond donors (Lipinski definition) is 2. The van der Waals surface area contributed by atoms with Crippen LogP contribution in [0.2, 0.25) is 5.02 Å². The number of nitrogens with zero attached hydrogens (tertiary/aromatic N) is 2. The van der Waals surface area contributed by atoms with E-state index in [1.165, 1.54) is 19.3 Å². The largest absolute Gasteiger partial charge is 0.384 e. The zero-order chi connectivity index (χ0) is 20.8. The van der Waals surface area contributed by atoms with Crippen LogP contribution in [0, 0.1) is 12.8 Å². The second-order valence-electron chi connectivity index (χ2n) is 7.98. The number of aromatic nitrogens is 1. The number of anilines is 2. The fourth-order valence-electron chi connectivity index (χ4n) is 3.69. The van der Waals surface area contributed by atoms with Crippen LogP contribution < -0.4 is 10.6 Å². The Morgan fingerprint density at radius 2 is 2.03 bits per heavy atom. The minimum atomic E-state index is -0.210. The topological polar surface area (TPSA) is 57.3 Å². The number of nitrogens with one attached hydrogen (secondary N) is 2. The van der Waals surface area contributed by atoms with Crippen molar-refractivity contribution in [3.63, 3.8) is 0 Å². The summed E-state index contributed by atoms with van der Waals surface area (Å²) in [5, 5.41) is 6.89. The van der Waals surface area contributed by atoms with Crippen molar-refractivity contribution in [2.24, 2.45) is 5.92 Å². The van der Waals surface area contributed by atoms with E-state index in [0.29, 0.717) is 28.4 Å². The average molecular weight is 415 g/mol. The molecule has 2 aromatic rings. The lowest BCUT2D eigenvalue weighted by Gasteiger charge is -2.36. The molecule has 0 bridgehead atoms. The Morgan fingerprint density at radius 3 is 2.69 bits per heavy atom. The zero-order valence-corrected chi connectivity index (χ0v) is 18.3. The summed E-state index contributed by atoms with van der Waals surface area (Å²) in [7, 11) is 0. The molecule has 2 heterocycles. The van der Waals surface area contributed by atoms with E-state index in [0.717, 1.165) is 30.9 Å². The zero-order valence-electron chi connectivity index (χ0n) is 17.5. The van der Waals surface area contributed by atoms with E-state index in [2.05, 4.69) is 34.4 Å². The first-order chi connectivity index (χ1) is 14.0. The molecular formula is C23H31ClN4O. The van der Waals surface area contributed by atoms with Gasteiger partial charge < -0.3 is 15.5 Å². The fourth-order valence-corrected chi connectivity index (χ4v) is 3.87. The molecule has 1 saturated heterocycles. The number of benzene rings is 1. The molecule has 2 N–H and O–H groups in total. The molecule has 1 fully saturated rings. The van der Waals surface area contributed by atoms with Crippen molar-refractivity contribution >= 4 is 29.0 Å². The molecule has 3 rings (SSSR count). The number of carbonyl (C=O) groups is 1. The Kier molecular flexibility index (Phi) is 7.51. The summed E-state index contributed by atoms with van der Waals surface area (Å²) in [6.45, 7) is 9.67. The molecular weight excluding hydrogens is 384 g/mol. The van der Waals surface area contributed by atoms with E-state index in [1.807, 2.05) is 25.1 Å². The summed E-state index contributed by atoms with van der Waals surface area (Å²) in [4.78, 5) is 19.6. The summed E-state index contributed by atoms with van der Waals surface area (Å²) in [6.07, 6.45) is 5.29. The second-order valence-corrected chi connectivity index (χ2v) is 8.42. The number of pyridine rings is 1. The molecule has 0 saturated carbocycles. The Morgan fingerprint density at radius 1 is 1.28 bits per heavy atom. The maximum absolute atomic E-state index is 12.8. The van der Waals surface area contributed by atoms with Gasteiger partial charge in [0.2, 0.25) is 0 Å². The number of halogens is 1. The predicted octanol–water partition coefficient (Wildman–Crippen LogP) is 5.22. The van der Waals surface area contributed by atoms with Crippen molar-refractivity contribution in [2.45, 2.75) is 46.1 Å². The van der Waals surface area contributed by atoms with Crippen LogP contribution in [0.5, 0.6) is 0 Å². The number of rotatable bonds is 7. The standard InChI is InChI=1S/C23H31ClN4O/c1-4-17(3)28-11-9-18(10-12-28)15-25-21-7-6-19(24)13-20(21)23(29)27-22-8-5-16(2)14-26-22/h5-8,13-14,17-18,25H,4,9-12,15H2,1-3H3,(H,26,27,29). The van der Waals surface area contributed by atoms with Crippen molar-refractivity contribution < 1.29 is 4.79 Å². The first-order valence-electron chi connectivity index (χ1n) is 10.5. The summed E-state index contributed by atoms with van der Waals surface area (Å²) in [5.41, 5.74) is 2.40. The van der Waals surface area contributed by atoms with Crippen LogP contribution >= 0.6 is 11.6 Å². The third kappa shape index (κ3) is 5.94. The minimum absolute atomic E-state index is 0.210. The van der Waals surface area contributed by atoms with Crippen LogP contribution in [0.25, 0.3) is 0 Å². The summed E-state index contributed by atoms with van der Waals surface area (Å²) in [6, 6.07) is 9.79. The van der Waals surface area contributed by atoms with Gasteiger partial charge in [0.15, 0.2) is 0 Å². The molecule has 5 nitrogen and oxygen atoms in total. The highest BCUT2D eigenvalue weighted by atomic mass is 35.5. The molecule has 156 valence electrons. The molecule has 1 aliphatic heterocycles. The molecule has 0 spiro atoms. The quantitative estimate of drug-likeness (QED) is 0.652. The average Bonchev–Trinajstić information content (AvgIpc) is 2.74. The van der Waals surface area contributed by atoms with E-state index in [1.54, 1.807) is 18.3 Å². The highest BCUT2D eigenvalue weighted by Crippen LogP contribution is 2.25. The van der Waals surface area contributed by atoms with Gasteiger partial charge in [0.05, 0.1) is 5.56 Å². The molecule has 1 amide bonds. The summed E-state index contributed by atoms with van der Waals surface area (Å²) >= 11 is 6.16. The number of amides is 1. The van der Waals surface area contributed by atoms with E-state index in [9.17, 15) is 4.79 Å². The molecule has 1 atom stereocenters. The Hall–Kier alpha value is -2.11. The molecule has 1 aliphatic rings. The first kappa shape index (κ1) is 21.6. The molecule has 29 heavy (non-hydrogen) atoms. The lowest BCUT2D eigenvalue weighted by molar-refractivity contribution is 0.102.